The number of carbonyl (C=O) groups is 1. The number of pyridine rings is 1. The Bertz CT molecular complexity index is 1240. The minimum absolute atomic E-state index is 0.00450. The van der Waals surface area contributed by atoms with Crippen LogP contribution in [0.25, 0.3) is 10.9 Å². The SMILES string of the molecule is Cc1ccc(N/N=C\C=N)c(C(=O)N2C3CCN(c4ccc5ccccc5n4)CC2COC3)c1. The molecule has 2 N–H and O–H groups in total. The number of benzene rings is 2. The van der Waals surface area contributed by atoms with Gasteiger partial charge in [-0.05, 0) is 43.7 Å². The zero-order chi connectivity index (χ0) is 23.5. The van der Waals surface area contributed by atoms with Crippen LogP contribution in [-0.4, -0.2) is 66.6 Å². The van der Waals surface area contributed by atoms with Crippen LogP contribution in [0.5, 0.6) is 0 Å². The zero-order valence-electron chi connectivity index (χ0n) is 19.1. The van der Waals surface area contributed by atoms with Crippen LogP contribution < -0.4 is 10.3 Å². The van der Waals surface area contributed by atoms with Crippen molar-refractivity contribution in [2.75, 3.05) is 36.6 Å². The second-order valence-corrected chi connectivity index (χ2v) is 8.76. The van der Waals surface area contributed by atoms with Crippen molar-refractivity contribution < 1.29 is 9.53 Å². The van der Waals surface area contributed by atoms with Crippen molar-refractivity contribution in [2.24, 2.45) is 5.10 Å². The van der Waals surface area contributed by atoms with E-state index in [1.807, 2.05) is 48.2 Å². The molecule has 0 radical (unpaired) electrons. The Hall–Kier alpha value is -3.78. The van der Waals surface area contributed by atoms with Crippen molar-refractivity contribution in [1.29, 1.82) is 5.41 Å². The molecular formula is C26H28N6O2. The monoisotopic (exact) mass is 456 g/mol. The molecule has 0 saturated carbocycles. The van der Waals surface area contributed by atoms with Gasteiger partial charge in [0, 0.05) is 24.7 Å². The van der Waals surface area contributed by atoms with E-state index in [0.29, 0.717) is 31.0 Å². The highest BCUT2D eigenvalue weighted by Gasteiger charge is 2.39. The Morgan fingerprint density at radius 2 is 2.03 bits per heavy atom. The van der Waals surface area contributed by atoms with Crippen LogP contribution >= 0.6 is 0 Å². The number of para-hydroxylation sites is 1. The molecule has 34 heavy (non-hydrogen) atoms. The summed E-state index contributed by atoms with van der Waals surface area (Å²) in [6.07, 6.45) is 3.24. The van der Waals surface area contributed by atoms with Gasteiger partial charge in [0.2, 0.25) is 0 Å². The van der Waals surface area contributed by atoms with Crippen LogP contribution in [0.3, 0.4) is 0 Å². The molecule has 2 saturated heterocycles. The van der Waals surface area contributed by atoms with Gasteiger partial charge in [-0.1, -0.05) is 29.8 Å². The number of hydrogen-bond acceptors (Lipinski definition) is 7. The maximum Gasteiger partial charge on any atom is 0.256 e. The van der Waals surface area contributed by atoms with E-state index in [9.17, 15) is 4.79 Å². The summed E-state index contributed by atoms with van der Waals surface area (Å²) in [4.78, 5) is 23.1. The minimum Gasteiger partial charge on any atom is -0.377 e. The number of nitrogens with zero attached hydrogens (tertiary/aromatic N) is 4. The lowest BCUT2D eigenvalue weighted by atomic mass is 10.0. The Labute approximate surface area is 198 Å². The quantitative estimate of drug-likeness (QED) is 0.451. The van der Waals surface area contributed by atoms with E-state index < -0.39 is 0 Å². The highest BCUT2D eigenvalue weighted by atomic mass is 16.5. The number of fused-ring (bicyclic) bond motifs is 3. The maximum atomic E-state index is 13.9. The number of ether oxygens (including phenoxy) is 1. The molecule has 2 bridgehead atoms. The van der Waals surface area contributed by atoms with Crippen molar-refractivity contribution in [2.45, 2.75) is 25.4 Å². The topological polar surface area (TPSA) is 93.9 Å². The van der Waals surface area contributed by atoms with Crippen LogP contribution in [0, 0.1) is 12.3 Å². The van der Waals surface area contributed by atoms with Crippen LogP contribution in [0.2, 0.25) is 0 Å². The van der Waals surface area contributed by atoms with E-state index in [-0.39, 0.29) is 18.0 Å². The molecule has 2 aromatic carbocycles. The van der Waals surface area contributed by atoms with Gasteiger partial charge in [0.15, 0.2) is 0 Å². The van der Waals surface area contributed by atoms with E-state index >= 15 is 0 Å². The second-order valence-electron chi connectivity index (χ2n) is 8.76. The van der Waals surface area contributed by atoms with Crippen molar-refractivity contribution in [1.82, 2.24) is 9.88 Å². The summed E-state index contributed by atoms with van der Waals surface area (Å²) in [6.45, 7) is 4.46. The molecule has 8 heteroatoms. The average molecular weight is 457 g/mol. The number of nitrogens with one attached hydrogen (secondary N) is 2. The third-order valence-corrected chi connectivity index (χ3v) is 6.45. The third-order valence-electron chi connectivity index (χ3n) is 6.45. The molecule has 0 aliphatic carbocycles. The molecule has 5 rings (SSSR count). The molecular weight excluding hydrogens is 428 g/mol. The largest absolute Gasteiger partial charge is 0.377 e. The van der Waals surface area contributed by atoms with Crippen LogP contribution in [0.15, 0.2) is 59.7 Å². The highest BCUT2D eigenvalue weighted by molar-refractivity contribution is 6.14. The lowest BCUT2D eigenvalue weighted by Crippen LogP contribution is -2.56. The Morgan fingerprint density at radius 1 is 1.18 bits per heavy atom. The van der Waals surface area contributed by atoms with Gasteiger partial charge in [0.1, 0.15) is 5.82 Å². The number of hydrazone groups is 1. The molecule has 2 unspecified atom stereocenters. The number of amides is 1. The van der Waals surface area contributed by atoms with Crippen LogP contribution in [0.4, 0.5) is 11.5 Å². The lowest BCUT2D eigenvalue weighted by molar-refractivity contribution is -0.0293. The maximum absolute atomic E-state index is 13.9. The smallest absolute Gasteiger partial charge is 0.256 e. The number of anilines is 2. The Morgan fingerprint density at radius 3 is 2.91 bits per heavy atom. The number of hydrogen-bond donors (Lipinski definition) is 2. The molecule has 2 aliphatic rings. The number of aromatic nitrogens is 1. The van der Waals surface area contributed by atoms with E-state index in [2.05, 4.69) is 33.6 Å². The van der Waals surface area contributed by atoms with Gasteiger partial charge < -0.3 is 19.9 Å². The standard InChI is InChI=1S/C26H28N6O2/c1-18-6-8-24(30-28-12-11-27)22(14-18)26(33)32-20-10-13-31(15-21(32)17-34-16-20)25-9-7-19-4-2-3-5-23(19)29-25/h2-9,11-12,14,20-21,27,30H,10,13,15-17H2,1H3/b27-11?,28-12-. The van der Waals surface area contributed by atoms with Crippen molar-refractivity contribution in [3.63, 3.8) is 0 Å². The van der Waals surface area contributed by atoms with Gasteiger partial charge >= 0.3 is 0 Å². The first-order valence-corrected chi connectivity index (χ1v) is 11.5. The number of aryl methyl sites for hydroxylation is 1. The summed E-state index contributed by atoms with van der Waals surface area (Å²) in [7, 11) is 0. The first-order chi connectivity index (χ1) is 16.6. The van der Waals surface area contributed by atoms with Crippen molar-refractivity contribution >= 4 is 40.7 Å². The average Bonchev–Trinajstić information content (AvgIpc) is 2.97. The van der Waals surface area contributed by atoms with Gasteiger partial charge in [-0.3, -0.25) is 10.2 Å². The molecule has 3 aromatic rings. The molecule has 3 heterocycles. The Balaban J connectivity index is 1.44. The van der Waals surface area contributed by atoms with Gasteiger partial charge in [-0.15, -0.1) is 0 Å². The van der Waals surface area contributed by atoms with E-state index in [1.54, 1.807) is 0 Å². The summed E-state index contributed by atoms with van der Waals surface area (Å²) >= 11 is 0. The molecule has 2 atom stereocenters. The van der Waals surface area contributed by atoms with Gasteiger partial charge in [0.05, 0.1) is 48.3 Å². The fraction of sp³-hybridized carbons (Fsp3) is 0.308. The molecule has 174 valence electrons. The van der Waals surface area contributed by atoms with Crippen LogP contribution in [0.1, 0.15) is 22.3 Å². The van der Waals surface area contributed by atoms with Gasteiger partial charge in [-0.25, -0.2) is 4.98 Å². The second kappa shape index (κ2) is 9.61. The number of carbonyl (C=O) groups excluding carboxylic acids is 1. The zero-order valence-corrected chi connectivity index (χ0v) is 19.1. The molecule has 1 aromatic heterocycles. The summed E-state index contributed by atoms with van der Waals surface area (Å²) in [6, 6.07) is 17.9. The van der Waals surface area contributed by atoms with Gasteiger partial charge in [-0.2, -0.15) is 5.10 Å². The van der Waals surface area contributed by atoms with Crippen LogP contribution in [-0.2, 0) is 4.74 Å². The fourth-order valence-corrected chi connectivity index (χ4v) is 4.80. The first-order valence-electron chi connectivity index (χ1n) is 11.5. The number of morpholine rings is 1. The molecule has 8 nitrogen and oxygen atoms in total. The van der Waals surface area contributed by atoms with Gasteiger partial charge in [0.25, 0.3) is 5.91 Å². The summed E-state index contributed by atoms with van der Waals surface area (Å²) < 4.78 is 5.92. The molecule has 1 amide bonds. The molecule has 0 spiro atoms. The fourth-order valence-electron chi connectivity index (χ4n) is 4.80. The highest BCUT2D eigenvalue weighted by Crippen LogP contribution is 2.29. The van der Waals surface area contributed by atoms with Crippen molar-refractivity contribution in [3.8, 4) is 0 Å². The number of rotatable bonds is 5. The summed E-state index contributed by atoms with van der Waals surface area (Å²) in [5.74, 6) is 0.903. The Kier molecular flexibility index (Phi) is 6.22. The summed E-state index contributed by atoms with van der Waals surface area (Å²) in [5.41, 5.74) is 6.10. The van der Waals surface area contributed by atoms with E-state index in [1.165, 1.54) is 6.21 Å². The van der Waals surface area contributed by atoms with E-state index in [0.717, 1.165) is 41.5 Å². The molecule has 2 aliphatic heterocycles. The van der Waals surface area contributed by atoms with Crippen molar-refractivity contribution in [3.05, 3.63) is 65.7 Å². The van der Waals surface area contributed by atoms with E-state index in [4.69, 9.17) is 15.1 Å². The first kappa shape index (κ1) is 22.0. The summed E-state index contributed by atoms with van der Waals surface area (Å²) in [5, 5.41) is 12.3. The third kappa shape index (κ3) is 4.36. The predicted molar refractivity (Wildman–Crippen MR) is 135 cm³/mol. The minimum atomic E-state index is -0.0829. The normalized spacial score (nSPS) is 20.4. The molecule has 2 fully saturated rings. The lowest BCUT2D eigenvalue weighted by Gasteiger charge is -2.40. The predicted octanol–water partition coefficient (Wildman–Crippen LogP) is 3.71.